The van der Waals surface area contributed by atoms with E-state index in [4.69, 9.17) is 9.15 Å². The predicted octanol–water partition coefficient (Wildman–Crippen LogP) is 3.76. The number of ether oxygens (including phenoxy) is 1. The molecule has 30 heavy (non-hydrogen) atoms. The molecule has 1 atom stereocenters. The van der Waals surface area contributed by atoms with Crippen molar-refractivity contribution in [2.45, 2.75) is 25.3 Å². The topological polar surface area (TPSA) is 71.8 Å². The van der Waals surface area contributed by atoms with E-state index in [1.165, 1.54) is 12.5 Å². The molecule has 1 aliphatic rings. The highest BCUT2D eigenvalue weighted by atomic mass is 16.5. The van der Waals surface area contributed by atoms with Gasteiger partial charge in [0.15, 0.2) is 11.2 Å². The average molecular weight is 406 g/mol. The fourth-order valence-corrected chi connectivity index (χ4v) is 4.01. The first-order valence-electron chi connectivity index (χ1n) is 10.3. The van der Waals surface area contributed by atoms with Gasteiger partial charge in [-0.25, -0.2) is 0 Å². The Hall–Kier alpha value is -3.12. The Balaban J connectivity index is 1.54. The van der Waals surface area contributed by atoms with Crippen molar-refractivity contribution in [2.75, 3.05) is 26.7 Å². The van der Waals surface area contributed by atoms with Gasteiger partial charge >= 0.3 is 0 Å². The number of hydrogen-bond donors (Lipinski definition) is 1. The summed E-state index contributed by atoms with van der Waals surface area (Å²) in [6, 6.07) is 16.2. The third-order valence-electron chi connectivity index (χ3n) is 5.65. The second-order valence-electron chi connectivity index (χ2n) is 7.57. The lowest BCUT2D eigenvalue weighted by Gasteiger charge is -2.35. The number of carbonyl (C=O) groups is 1. The van der Waals surface area contributed by atoms with Gasteiger partial charge in [-0.15, -0.1) is 0 Å². The van der Waals surface area contributed by atoms with Crippen LogP contribution in [0.4, 0.5) is 0 Å². The van der Waals surface area contributed by atoms with Crippen LogP contribution in [0, 0.1) is 0 Å². The summed E-state index contributed by atoms with van der Waals surface area (Å²) in [6.07, 6.45) is 3.54. The maximum Gasteiger partial charge on any atom is 0.287 e. The fourth-order valence-electron chi connectivity index (χ4n) is 4.01. The van der Waals surface area contributed by atoms with Crippen LogP contribution in [0.1, 0.15) is 41.4 Å². The number of likely N-dealkylation sites (tertiary alicyclic amines) is 1. The molecule has 1 N–H and O–H groups in total. The van der Waals surface area contributed by atoms with Crippen molar-refractivity contribution in [3.05, 3.63) is 76.1 Å². The average Bonchev–Trinajstić information content (AvgIpc) is 2.80. The molecule has 1 amide bonds. The van der Waals surface area contributed by atoms with Gasteiger partial charge in [-0.3, -0.25) is 14.5 Å². The Morgan fingerprint density at radius 1 is 1.10 bits per heavy atom. The van der Waals surface area contributed by atoms with Crippen molar-refractivity contribution < 1.29 is 13.9 Å². The van der Waals surface area contributed by atoms with Crippen molar-refractivity contribution in [3.63, 3.8) is 0 Å². The fraction of sp³-hybridized carbons (Fsp3) is 0.333. The molecule has 2 aromatic carbocycles. The minimum Gasteiger partial charge on any atom is -0.497 e. The maximum atomic E-state index is 12.8. The summed E-state index contributed by atoms with van der Waals surface area (Å²) >= 11 is 0. The normalized spacial score (nSPS) is 15.6. The van der Waals surface area contributed by atoms with Crippen LogP contribution < -0.4 is 15.5 Å². The first kappa shape index (κ1) is 20.2. The van der Waals surface area contributed by atoms with Crippen LogP contribution in [-0.4, -0.2) is 37.6 Å². The van der Waals surface area contributed by atoms with Crippen molar-refractivity contribution in [1.82, 2.24) is 10.2 Å². The van der Waals surface area contributed by atoms with Gasteiger partial charge < -0.3 is 14.5 Å². The zero-order valence-corrected chi connectivity index (χ0v) is 17.1. The van der Waals surface area contributed by atoms with Crippen molar-refractivity contribution in [2.24, 2.45) is 0 Å². The quantitative estimate of drug-likeness (QED) is 0.675. The summed E-state index contributed by atoms with van der Waals surface area (Å²) in [5, 5.41) is 3.44. The van der Waals surface area contributed by atoms with Crippen LogP contribution in [0.5, 0.6) is 5.75 Å². The molecular formula is C24H26N2O4. The summed E-state index contributed by atoms with van der Waals surface area (Å²) in [5.74, 6) is 0.456. The predicted molar refractivity (Wildman–Crippen MR) is 116 cm³/mol. The molecule has 1 fully saturated rings. The highest BCUT2D eigenvalue weighted by molar-refractivity contribution is 5.93. The van der Waals surface area contributed by atoms with E-state index in [0.717, 1.165) is 37.2 Å². The van der Waals surface area contributed by atoms with Crippen LogP contribution in [-0.2, 0) is 0 Å². The Bertz CT molecular complexity index is 1070. The number of carbonyl (C=O) groups excluding carboxylic acids is 1. The molecule has 0 aliphatic carbocycles. The van der Waals surface area contributed by atoms with Gasteiger partial charge in [-0.2, -0.15) is 0 Å². The standard InChI is InChI=1S/C24H26N2O4/c1-29-18-11-9-17(10-12-18)20(26-13-5-2-6-14-26)16-25-24(28)23-15-21(27)19-7-3-4-8-22(19)30-23/h3-4,7-12,15,20H,2,5-6,13-14,16H2,1H3,(H,25,28). The molecular weight excluding hydrogens is 380 g/mol. The number of methoxy groups -OCH3 is 1. The summed E-state index contributed by atoms with van der Waals surface area (Å²) in [4.78, 5) is 27.5. The van der Waals surface area contributed by atoms with E-state index in [2.05, 4.69) is 10.2 Å². The van der Waals surface area contributed by atoms with Gasteiger partial charge in [-0.05, 0) is 55.8 Å². The Morgan fingerprint density at radius 3 is 2.57 bits per heavy atom. The minimum atomic E-state index is -0.381. The van der Waals surface area contributed by atoms with Gasteiger partial charge in [0.25, 0.3) is 5.91 Å². The summed E-state index contributed by atoms with van der Waals surface area (Å²) in [7, 11) is 1.65. The maximum absolute atomic E-state index is 12.8. The first-order valence-corrected chi connectivity index (χ1v) is 10.3. The number of para-hydroxylation sites is 1. The summed E-state index contributed by atoms with van der Waals surface area (Å²) < 4.78 is 10.9. The molecule has 1 saturated heterocycles. The number of hydrogen-bond acceptors (Lipinski definition) is 5. The number of benzene rings is 2. The van der Waals surface area contributed by atoms with Crippen molar-refractivity contribution in [3.8, 4) is 5.75 Å². The molecule has 2 heterocycles. The van der Waals surface area contributed by atoms with Gasteiger partial charge in [0.2, 0.25) is 0 Å². The Kier molecular flexibility index (Phi) is 6.14. The lowest BCUT2D eigenvalue weighted by Crippen LogP contribution is -2.40. The minimum absolute atomic E-state index is 0.0332. The molecule has 1 unspecified atom stereocenters. The second kappa shape index (κ2) is 9.13. The molecule has 156 valence electrons. The third-order valence-corrected chi connectivity index (χ3v) is 5.65. The molecule has 4 rings (SSSR count). The van der Waals surface area contributed by atoms with E-state index in [-0.39, 0.29) is 23.1 Å². The summed E-state index contributed by atoms with van der Waals surface area (Å²) in [5.41, 5.74) is 1.32. The largest absolute Gasteiger partial charge is 0.497 e. The van der Waals surface area contributed by atoms with E-state index < -0.39 is 0 Å². The molecule has 0 spiro atoms. The number of rotatable bonds is 6. The van der Waals surface area contributed by atoms with Gasteiger partial charge in [0.05, 0.1) is 18.5 Å². The zero-order valence-electron chi connectivity index (χ0n) is 17.1. The summed E-state index contributed by atoms with van der Waals surface area (Å²) in [6.45, 7) is 2.43. The van der Waals surface area contributed by atoms with Crippen LogP contribution in [0.3, 0.4) is 0 Å². The smallest absolute Gasteiger partial charge is 0.287 e. The van der Waals surface area contributed by atoms with E-state index in [1.807, 2.05) is 24.3 Å². The first-order chi connectivity index (χ1) is 14.7. The molecule has 3 aromatic rings. The molecule has 6 nitrogen and oxygen atoms in total. The highest BCUT2D eigenvalue weighted by Crippen LogP contribution is 2.26. The molecule has 0 radical (unpaired) electrons. The van der Waals surface area contributed by atoms with Crippen LogP contribution in [0.15, 0.2) is 63.8 Å². The second-order valence-corrected chi connectivity index (χ2v) is 7.57. The van der Waals surface area contributed by atoms with E-state index in [1.54, 1.807) is 31.4 Å². The number of piperidine rings is 1. The van der Waals surface area contributed by atoms with Gasteiger partial charge in [0.1, 0.15) is 11.3 Å². The Labute approximate surface area is 175 Å². The molecule has 6 heteroatoms. The molecule has 0 bridgehead atoms. The molecule has 1 aliphatic heterocycles. The number of nitrogens with one attached hydrogen (secondary N) is 1. The third kappa shape index (κ3) is 4.39. The molecule has 1 aromatic heterocycles. The van der Waals surface area contributed by atoms with Crippen LogP contribution >= 0.6 is 0 Å². The number of nitrogens with zero attached hydrogens (tertiary/aromatic N) is 1. The van der Waals surface area contributed by atoms with Gasteiger partial charge in [-0.1, -0.05) is 30.7 Å². The van der Waals surface area contributed by atoms with Crippen LogP contribution in [0.25, 0.3) is 11.0 Å². The zero-order chi connectivity index (χ0) is 20.9. The van der Waals surface area contributed by atoms with Crippen molar-refractivity contribution >= 4 is 16.9 Å². The van der Waals surface area contributed by atoms with E-state index >= 15 is 0 Å². The lowest BCUT2D eigenvalue weighted by atomic mass is 10.0. The Morgan fingerprint density at radius 2 is 1.83 bits per heavy atom. The van der Waals surface area contributed by atoms with Gasteiger partial charge in [0, 0.05) is 12.6 Å². The van der Waals surface area contributed by atoms with Crippen molar-refractivity contribution in [1.29, 1.82) is 0 Å². The van der Waals surface area contributed by atoms with Crippen LogP contribution in [0.2, 0.25) is 0 Å². The SMILES string of the molecule is COc1ccc(C(CNC(=O)c2cc(=O)c3ccccc3o2)N2CCCCC2)cc1. The number of amides is 1. The lowest BCUT2D eigenvalue weighted by molar-refractivity contribution is 0.0897. The van der Waals surface area contributed by atoms with E-state index in [9.17, 15) is 9.59 Å². The number of fused-ring (bicyclic) bond motifs is 1. The van der Waals surface area contributed by atoms with E-state index in [0.29, 0.717) is 17.5 Å². The molecule has 0 saturated carbocycles. The highest BCUT2D eigenvalue weighted by Gasteiger charge is 2.24. The monoisotopic (exact) mass is 406 g/mol.